The maximum Gasteiger partial charge on any atom is 0.148 e. The van der Waals surface area contributed by atoms with Gasteiger partial charge >= 0.3 is 0 Å². The Balaban J connectivity index is 2.22. The summed E-state index contributed by atoms with van der Waals surface area (Å²) in [5.74, 6) is 0. The maximum atomic E-state index is 6.46. The number of nitrogens with zero attached hydrogens (tertiary/aromatic N) is 2. The molecule has 3 rings (SSSR count). The van der Waals surface area contributed by atoms with Crippen LogP contribution < -0.4 is 5.73 Å². The van der Waals surface area contributed by atoms with Crippen molar-refractivity contribution in [1.82, 2.24) is 9.88 Å². The van der Waals surface area contributed by atoms with Crippen molar-refractivity contribution >= 4 is 28.9 Å². The molecule has 1 saturated heterocycles. The van der Waals surface area contributed by atoms with Gasteiger partial charge in [0.2, 0.25) is 0 Å². The van der Waals surface area contributed by atoms with Crippen LogP contribution in [0.5, 0.6) is 0 Å². The second-order valence-corrected chi connectivity index (χ2v) is 6.16. The van der Waals surface area contributed by atoms with E-state index in [9.17, 15) is 0 Å². The van der Waals surface area contributed by atoms with E-state index in [0.717, 1.165) is 29.7 Å². The van der Waals surface area contributed by atoms with E-state index in [4.69, 9.17) is 28.9 Å². The molecule has 0 unspecified atom stereocenters. The van der Waals surface area contributed by atoms with Gasteiger partial charge in [-0.15, -0.1) is 0 Å². The fourth-order valence-electron chi connectivity index (χ4n) is 3.03. The number of nitrogen functional groups attached to an aromatic ring is 1. The summed E-state index contributed by atoms with van der Waals surface area (Å²) in [6.07, 6.45) is 4.10. The van der Waals surface area contributed by atoms with Crippen molar-refractivity contribution in [3.05, 3.63) is 46.2 Å². The van der Waals surface area contributed by atoms with E-state index in [2.05, 4.69) is 16.9 Å². The van der Waals surface area contributed by atoms with Crippen LogP contribution in [0.4, 0.5) is 5.69 Å². The van der Waals surface area contributed by atoms with Crippen LogP contribution in [-0.4, -0.2) is 23.5 Å². The van der Waals surface area contributed by atoms with Gasteiger partial charge < -0.3 is 5.73 Å². The van der Waals surface area contributed by atoms with Gasteiger partial charge in [0.25, 0.3) is 0 Å². The summed E-state index contributed by atoms with van der Waals surface area (Å²) in [4.78, 5) is 6.56. The van der Waals surface area contributed by atoms with E-state index in [1.807, 2.05) is 30.5 Å². The highest BCUT2D eigenvalue weighted by atomic mass is 35.5. The van der Waals surface area contributed by atoms with Crippen molar-refractivity contribution in [2.45, 2.75) is 18.9 Å². The molecule has 0 aliphatic carbocycles. The predicted molar refractivity (Wildman–Crippen MR) is 88.7 cm³/mol. The largest absolute Gasteiger partial charge is 0.398 e. The quantitative estimate of drug-likeness (QED) is 0.658. The zero-order valence-electron chi connectivity index (χ0n) is 11.8. The highest BCUT2D eigenvalue weighted by Crippen LogP contribution is 2.43. The molecule has 21 heavy (non-hydrogen) atoms. The van der Waals surface area contributed by atoms with Crippen LogP contribution in [0.3, 0.4) is 0 Å². The van der Waals surface area contributed by atoms with Gasteiger partial charge in [0.05, 0.1) is 5.02 Å². The fraction of sp³-hybridized carbons (Fsp3) is 0.312. The molecule has 5 heteroatoms. The molecule has 0 radical (unpaired) electrons. The first-order chi connectivity index (χ1) is 10.1. The molecule has 2 N–H and O–H groups in total. The Morgan fingerprint density at radius 3 is 2.71 bits per heavy atom. The lowest BCUT2D eigenvalue weighted by molar-refractivity contribution is 0.317. The topological polar surface area (TPSA) is 42.2 Å². The van der Waals surface area contributed by atoms with E-state index < -0.39 is 0 Å². The number of para-hydroxylation sites is 1. The molecular formula is C16H17Cl2N3. The third kappa shape index (κ3) is 2.61. The van der Waals surface area contributed by atoms with Crippen LogP contribution in [0.1, 0.15) is 24.4 Å². The van der Waals surface area contributed by atoms with E-state index >= 15 is 0 Å². The lowest BCUT2D eigenvalue weighted by Crippen LogP contribution is -2.18. The van der Waals surface area contributed by atoms with Gasteiger partial charge in [-0.25, -0.2) is 4.98 Å². The number of likely N-dealkylation sites (tertiary alicyclic amines) is 1. The van der Waals surface area contributed by atoms with E-state index in [-0.39, 0.29) is 0 Å². The van der Waals surface area contributed by atoms with Crippen molar-refractivity contribution in [2.75, 3.05) is 19.3 Å². The summed E-state index contributed by atoms with van der Waals surface area (Å²) in [6.45, 7) is 1.08. The van der Waals surface area contributed by atoms with Gasteiger partial charge in [0.15, 0.2) is 0 Å². The first-order valence-corrected chi connectivity index (χ1v) is 7.74. The first kappa shape index (κ1) is 14.6. The van der Waals surface area contributed by atoms with Crippen LogP contribution in [0.2, 0.25) is 10.2 Å². The van der Waals surface area contributed by atoms with Crippen LogP contribution >= 0.6 is 23.2 Å². The molecule has 1 aliphatic rings. The Kier molecular flexibility index (Phi) is 4.07. The van der Waals surface area contributed by atoms with Crippen molar-refractivity contribution in [1.29, 1.82) is 0 Å². The summed E-state index contributed by atoms with van der Waals surface area (Å²) in [5, 5.41) is 0.798. The lowest BCUT2D eigenvalue weighted by atomic mass is 9.94. The molecule has 1 aromatic heterocycles. The fourth-order valence-corrected chi connectivity index (χ4v) is 3.43. The summed E-state index contributed by atoms with van der Waals surface area (Å²) in [6, 6.07) is 8.03. The van der Waals surface area contributed by atoms with E-state index in [1.54, 1.807) is 0 Å². The first-order valence-electron chi connectivity index (χ1n) is 6.98. The summed E-state index contributed by atoms with van der Waals surface area (Å²) in [5.41, 5.74) is 9.76. The number of rotatable bonds is 2. The molecule has 0 spiro atoms. The molecule has 0 amide bonds. The molecule has 0 saturated carbocycles. The molecule has 2 heterocycles. The van der Waals surface area contributed by atoms with Gasteiger partial charge in [0.1, 0.15) is 5.15 Å². The van der Waals surface area contributed by atoms with Gasteiger partial charge in [-0.05, 0) is 38.1 Å². The van der Waals surface area contributed by atoms with Gasteiger partial charge in [-0.2, -0.15) is 0 Å². The standard InChI is InChI=1S/C16H17Cl2N3/c1-21-8-4-7-13(21)11-9-20-16(18)15(17)14(11)10-5-2-3-6-12(10)19/h2-3,5-6,9,13H,4,7-8,19H2,1H3/t13-/m0/s1. The summed E-state index contributed by atoms with van der Waals surface area (Å²) < 4.78 is 0. The molecule has 1 aliphatic heterocycles. The predicted octanol–water partition coefficient (Wildman–Crippen LogP) is 4.40. The number of halogens is 2. The molecule has 1 fully saturated rings. The minimum atomic E-state index is 0.307. The monoisotopic (exact) mass is 321 g/mol. The maximum absolute atomic E-state index is 6.46. The Morgan fingerprint density at radius 1 is 1.29 bits per heavy atom. The molecule has 1 atom stereocenters. The average molecular weight is 322 g/mol. The van der Waals surface area contributed by atoms with Gasteiger partial charge in [0, 0.05) is 29.1 Å². The Morgan fingerprint density at radius 2 is 2.05 bits per heavy atom. The number of benzene rings is 1. The lowest BCUT2D eigenvalue weighted by Gasteiger charge is -2.24. The summed E-state index contributed by atoms with van der Waals surface area (Å²) >= 11 is 12.6. The van der Waals surface area contributed by atoms with Crippen LogP contribution in [0.15, 0.2) is 30.5 Å². The smallest absolute Gasteiger partial charge is 0.148 e. The minimum absolute atomic E-state index is 0.307. The summed E-state index contributed by atoms with van der Waals surface area (Å²) in [7, 11) is 2.12. The van der Waals surface area contributed by atoms with Gasteiger partial charge in [-0.1, -0.05) is 41.4 Å². The van der Waals surface area contributed by atoms with E-state index in [1.165, 1.54) is 6.42 Å². The number of aromatic nitrogens is 1. The normalized spacial score (nSPS) is 19.1. The Bertz CT molecular complexity index is 673. The highest BCUT2D eigenvalue weighted by Gasteiger charge is 2.28. The number of hydrogen-bond acceptors (Lipinski definition) is 3. The molecule has 2 aromatic rings. The molecule has 3 nitrogen and oxygen atoms in total. The molecular weight excluding hydrogens is 305 g/mol. The number of hydrogen-bond donors (Lipinski definition) is 1. The second-order valence-electron chi connectivity index (χ2n) is 5.42. The third-order valence-electron chi connectivity index (χ3n) is 4.12. The van der Waals surface area contributed by atoms with Crippen molar-refractivity contribution in [3.8, 4) is 11.1 Å². The van der Waals surface area contributed by atoms with E-state index in [0.29, 0.717) is 21.9 Å². The highest BCUT2D eigenvalue weighted by molar-refractivity contribution is 6.43. The molecule has 0 bridgehead atoms. The SMILES string of the molecule is CN1CCC[C@H]1c1cnc(Cl)c(Cl)c1-c1ccccc1N. The van der Waals surface area contributed by atoms with Crippen LogP contribution in [0.25, 0.3) is 11.1 Å². The zero-order chi connectivity index (χ0) is 15.0. The van der Waals surface area contributed by atoms with Crippen LogP contribution in [-0.2, 0) is 0 Å². The number of pyridine rings is 1. The Hall–Kier alpha value is -1.29. The minimum Gasteiger partial charge on any atom is -0.398 e. The van der Waals surface area contributed by atoms with Crippen molar-refractivity contribution in [2.24, 2.45) is 0 Å². The third-order valence-corrected chi connectivity index (χ3v) is 4.87. The van der Waals surface area contributed by atoms with Gasteiger partial charge in [-0.3, -0.25) is 4.90 Å². The van der Waals surface area contributed by atoms with Crippen molar-refractivity contribution < 1.29 is 0 Å². The second kappa shape index (κ2) is 5.84. The number of nitrogens with two attached hydrogens (primary N) is 1. The molecule has 1 aromatic carbocycles. The molecule has 110 valence electrons. The number of anilines is 1. The Labute approximate surface area is 134 Å². The average Bonchev–Trinajstić information content (AvgIpc) is 2.89. The van der Waals surface area contributed by atoms with Crippen LogP contribution in [0, 0.1) is 0 Å². The zero-order valence-corrected chi connectivity index (χ0v) is 13.3. The van der Waals surface area contributed by atoms with Crippen molar-refractivity contribution in [3.63, 3.8) is 0 Å².